The highest BCUT2D eigenvalue weighted by atomic mass is 35.5. The van der Waals surface area contributed by atoms with Crippen LogP contribution in [0.1, 0.15) is 16.1 Å². The summed E-state index contributed by atoms with van der Waals surface area (Å²) in [5, 5.41) is 15.5. The van der Waals surface area contributed by atoms with Crippen molar-refractivity contribution in [2.45, 2.75) is 13.8 Å². The number of aryl methyl sites for hydroxylation is 2. The minimum Gasteiger partial charge on any atom is -0.258 e. The number of benzene rings is 1. The van der Waals surface area contributed by atoms with Crippen LogP contribution >= 0.6 is 23.7 Å². The predicted molar refractivity (Wildman–Crippen MR) is 83.1 cm³/mol. The molecular formula is C12H13ClN4O2S. The van der Waals surface area contributed by atoms with Gasteiger partial charge in [-0.05, 0) is 19.9 Å². The number of rotatable bonds is 4. The summed E-state index contributed by atoms with van der Waals surface area (Å²) in [4.78, 5) is 15.8. The van der Waals surface area contributed by atoms with E-state index < -0.39 is 4.92 Å². The fraction of sp³-hybridized carbons (Fsp3) is 0.167. The smallest absolute Gasteiger partial charge is 0.258 e. The van der Waals surface area contributed by atoms with Crippen molar-refractivity contribution in [1.29, 1.82) is 0 Å². The minimum atomic E-state index is -0.432. The van der Waals surface area contributed by atoms with Crippen LogP contribution in [0.5, 0.6) is 0 Å². The van der Waals surface area contributed by atoms with E-state index in [-0.39, 0.29) is 18.1 Å². The fourth-order valence-electron chi connectivity index (χ4n) is 1.44. The van der Waals surface area contributed by atoms with Crippen molar-refractivity contribution in [3.8, 4) is 0 Å². The molecule has 0 radical (unpaired) electrons. The molecule has 20 heavy (non-hydrogen) atoms. The van der Waals surface area contributed by atoms with E-state index in [1.165, 1.54) is 23.6 Å². The maximum Gasteiger partial charge on any atom is 0.278 e. The van der Waals surface area contributed by atoms with Crippen molar-refractivity contribution >= 4 is 40.8 Å². The van der Waals surface area contributed by atoms with Crippen molar-refractivity contribution in [3.05, 3.63) is 50.5 Å². The number of hydrogen-bond donors (Lipinski definition) is 1. The number of nitrogens with zero attached hydrogens (tertiary/aromatic N) is 3. The van der Waals surface area contributed by atoms with Gasteiger partial charge in [0.2, 0.25) is 5.13 Å². The van der Waals surface area contributed by atoms with Crippen LogP contribution in [0.4, 0.5) is 10.8 Å². The Morgan fingerprint density at radius 2 is 2.10 bits per heavy atom. The molecule has 1 aromatic heterocycles. The molecule has 1 heterocycles. The molecule has 6 nitrogen and oxygen atoms in total. The van der Waals surface area contributed by atoms with Gasteiger partial charge in [0.25, 0.3) is 5.69 Å². The standard InChI is InChI=1S/C12H12N4O2S.ClH/c1-8-9(2)19-12(14-8)15-13-7-10-5-3-4-6-11(10)16(17)18;/h3-7H,1-2H3,(H,14,15);1H/b13-7+;. The average Bonchev–Trinajstić information content (AvgIpc) is 2.69. The van der Waals surface area contributed by atoms with Gasteiger partial charge in [-0.2, -0.15) is 5.10 Å². The second-order valence-electron chi connectivity index (χ2n) is 3.85. The summed E-state index contributed by atoms with van der Waals surface area (Å²) in [5.41, 5.74) is 4.20. The summed E-state index contributed by atoms with van der Waals surface area (Å²) < 4.78 is 0. The molecule has 0 saturated carbocycles. The van der Waals surface area contributed by atoms with Gasteiger partial charge in [0.1, 0.15) is 0 Å². The second-order valence-corrected chi connectivity index (χ2v) is 5.05. The molecule has 106 valence electrons. The Morgan fingerprint density at radius 1 is 1.40 bits per heavy atom. The molecule has 0 fully saturated rings. The molecule has 0 amide bonds. The topological polar surface area (TPSA) is 80.4 Å². The highest BCUT2D eigenvalue weighted by Gasteiger charge is 2.09. The van der Waals surface area contributed by atoms with E-state index in [1.807, 2.05) is 13.8 Å². The molecule has 0 saturated heterocycles. The van der Waals surface area contributed by atoms with Crippen molar-refractivity contribution in [3.63, 3.8) is 0 Å². The number of para-hydroxylation sites is 1. The quantitative estimate of drug-likeness (QED) is 0.532. The van der Waals surface area contributed by atoms with Crippen molar-refractivity contribution in [2.24, 2.45) is 5.10 Å². The van der Waals surface area contributed by atoms with Crippen molar-refractivity contribution in [2.75, 3.05) is 5.43 Å². The molecule has 0 aliphatic carbocycles. The van der Waals surface area contributed by atoms with E-state index in [9.17, 15) is 10.1 Å². The number of nitro groups is 1. The molecular weight excluding hydrogens is 300 g/mol. The normalized spacial score (nSPS) is 10.3. The molecule has 0 aliphatic rings. The van der Waals surface area contributed by atoms with Gasteiger partial charge in [0, 0.05) is 10.9 Å². The maximum absolute atomic E-state index is 10.8. The average molecular weight is 313 g/mol. The number of nitro benzene ring substituents is 1. The van der Waals surface area contributed by atoms with Gasteiger partial charge in [-0.25, -0.2) is 4.98 Å². The Kier molecular flexibility index (Phi) is 5.60. The summed E-state index contributed by atoms with van der Waals surface area (Å²) in [5.74, 6) is 0. The van der Waals surface area contributed by atoms with Crippen LogP contribution in [-0.2, 0) is 0 Å². The number of nitrogens with one attached hydrogen (secondary N) is 1. The number of anilines is 1. The van der Waals surface area contributed by atoms with E-state index in [1.54, 1.807) is 18.2 Å². The third-order valence-corrected chi connectivity index (χ3v) is 3.50. The first-order chi connectivity index (χ1) is 9.08. The van der Waals surface area contributed by atoms with Gasteiger partial charge < -0.3 is 0 Å². The van der Waals surface area contributed by atoms with Crippen molar-refractivity contribution < 1.29 is 4.92 Å². The lowest BCUT2D eigenvalue weighted by molar-refractivity contribution is -0.385. The van der Waals surface area contributed by atoms with Crippen LogP contribution in [0.3, 0.4) is 0 Å². The predicted octanol–water partition coefficient (Wildman–Crippen LogP) is 3.54. The molecule has 2 aromatic rings. The lowest BCUT2D eigenvalue weighted by Crippen LogP contribution is -1.95. The van der Waals surface area contributed by atoms with Crippen LogP contribution in [0.25, 0.3) is 0 Å². The summed E-state index contributed by atoms with van der Waals surface area (Å²) >= 11 is 1.49. The lowest BCUT2D eigenvalue weighted by Gasteiger charge is -1.96. The molecule has 0 unspecified atom stereocenters. The van der Waals surface area contributed by atoms with Gasteiger partial charge >= 0.3 is 0 Å². The van der Waals surface area contributed by atoms with E-state index in [0.717, 1.165) is 10.6 Å². The fourth-order valence-corrected chi connectivity index (χ4v) is 2.20. The van der Waals surface area contributed by atoms with Crippen LogP contribution in [-0.4, -0.2) is 16.1 Å². The Morgan fingerprint density at radius 3 is 2.70 bits per heavy atom. The summed E-state index contributed by atoms with van der Waals surface area (Å²) in [7, 11) is 0. The Bertz CT molecular complexity index is 623. The Labute approximate surface area is 126 Å². The van der Waals surface area contributed by atoms with Gasteiger partial charge in [-0.3, -0.25) is 15.5 Å². The van der Waals surface area contributed by atoms with Crippen LogP contribution < -0.4 is 5.43 Å². The highest BCUT2D eigenvalue weighted by molar-refractivity contribution is 7.15. The zero-order valence-electron chi connectivity index (χ0n) is 10.9. The van der Waals surface area contributed by atoms with E-state index in [2.05, 4.69) is 15.5 Å². The lowest BCUT2D eigenvalue weighted by atomic mass is 10.2. The SMILES string of the molecule is Cc1nc(N/N=C/c2ccccc2[N+](=O)[O-])sc1C.Cl. The van der Waals surface area contributed by atoms with Gasteiger partial charge in [0.15, 0.2) is 0 Å². The molecule has 0 atom stereocenters. The Hall–Kier alpha value is -1.99. The summed E-state index contributed by atoms with van der Waals surface area (Å²) in [6, 6.07) is 6.43. The molecule has 1 aromatic carbocycles. The number of aromatic nitrogens is 1. The number of hydrogen-bond acceptors (Lipinski definition) is 6. The maximum atomic E-state index is 10.8. The third-order valence-electron chi connectivity index (χ3n) is 2.53. The van der Waals surface area contributed by atoms with Gasteiger partial charge in [0.05, 0.1) is 22.4 Å². The van der Waals surface area contributed by atoms with Crippen LogP contribution in [0.2, 0.25) is 0 Å². The first-order valence-electron chi connectivity index (χ1n) is 5.54. The number of hydrazone groups is 1. The van der Waals surface area contributed by atoms with E-state index >= 15 is 0 Å². The molecule has 0 bridgehead atoms. The first-order valence-corrected chi connectivity index (χ1v) is 6.36. The first kappa shape index (κ1) is 16.1. The van der Waals surface area contributed by atoms with Crippen LogP contribution in [0.15, 0.2) is 29.4 Å². The monoisotopic (exact) mass is 312 g/mol. The van der Waals surface area contributed by atoms with E-state index in [4.69, 9.17) is 0 Å². The van der Waals surface area contributed by atoms with Gasteiger partial charge in [-0.1, -0.05) is 12.1 Å². The Balaban J connectivity index is 0.00000200. The molecule has 0 aliphatic heterocycles. The second kappa shape index (κ2) is 6.97. The zero-order valence-corrected chi connectivity index (χ0v) is 12.5. The zero-order chi connectivity index (χ0) is 13.8. The minimum absolute atomic E-state index is 0. The summed E-state index contributed by atoms with van der Waals surface area (Å²) in [6.07, 6.45) is 1.42. The van der Waals surface area contributed by atoms with Crippen molar-refractivity contribution in [1.82, 2.24) is 4.98 Å². The number of halogens is 1. The summed E-state index contributed by atoms with van der Waals surface area (Å²) in [6.45, 7) is 3.90. The molecule has 0 spiro atoms. The van der Waals surface area contributed by atoms with E-state index in [0.29, 0.717) is 10.7 Å². The molecule has 8 heteroatoms. The van der Waals surface area contributed by atoms with Crippen LogP contribution in [0, 0.1) is 24.0 Å². The van der Waals surface area contributed by atoms with Gasteiger partial charge in [-0.15, -0.1) is 23.7 Å². The molecule has 2 rings (SSSR count). The highest BCUT2D eigenvalue weighted by Crippen LogP contribution is 2.21. The molecule has 1 N–H and O–H groups in total. The number of thiazole rings is 1. The largest absolute Gasteiger partial charge is 0.278 e. The third kappa shape index (κ3) is 3.75.